The summed E-state index contributed by atoms with van der Waals surface area (Å²) in [5.74, 6) is 1.19. The Hall–Kier alpha value is -2.96. The summed E-state index contributed by atoms with van der Waals surface area (Å²) >= 11 is 0. The second-order valence-corrected chi connectivity index (χ2v) is 7.33. The molecule has 1 aliphatic rings. The molecule has 0 saturated carbocycles. The number of hydrogen-bond acceptors (Lipinski definition) is 6. The molecule has 0 unspecified atom stereocenters. The summed E-state index contributed by atoms with van der Waals surface area (Å²) < 4.78 is 22.5. The maximum atomic E-state index is 5.98. The minimum atomic E-state index is -0.0690. The number of pyridine rings is 2. The zero-order valence-corrected chi connectivity index (χ0v) is 17.6. The zero-order chi connectivity index (χ0) is 20.9. The van der Waals surface area contributed by atoms with Crippen LogP contribution in [-0.2, 0) is 9.47 Å². The maximum Gasteiger partial charge on any atom is 0.217 e. The van der Waals surface area contributed by atoms with Gasteiger partial charge in [0.15, 0.2) is 0 Å². The molecule has 1 saturated heterocycles. The monoisotopic (exact) mass is 406 g/mol. The predicted octanol–water partition coefficient (Wildman–Crippen LogP) is 4.23. The van der Waals surface area contributed by atoms with Gasteiger partial charge in [-0.1, -0.05) is 18.2 Å². The molecular weight excluding hydrogens is 380 g/mol. The third-order valence-electron chi connectivity index (χ3n) is 5.06. The number of methoxy groups -OCH3 is 1. The molecule has 1 fully saturated rings. The van der Waals surface area contributed by atoms with E-state index >= 15 is 0 Å². The van der Waals surface area contributed by atoms with Crippen molar-refractivity contribution in [3.05, 3.63) is 59.9 Å². The Morgan fingerprint density at radius 2 is 1.90 bits per heavy atom. The van der Waals surface area contributed by atoms with Crippen molar-refractivity contribution in [2.45, 2.75) is 20.0 Å². The summed E-state index contributed by atoms with van der Waals surface area (Å²) in [6.45, 7) is 6.24. The summed E-state index contributed by atoms with van der Waals surface area (Å²) in [5, 5.41) is 0. The molecular formula is C24H26N2O4. The van der Waals surface area contributed by atoms with Crippen molar-refractivity contribution in [1.29, 1.82) is 0 Å². The highest BCUT2D eigenvalue weighted by Crippen LogP contribution is 2.32. The molecule has 6 nitrogen and oxygen atoms in total. The van der Waals surface area contributed by atoms with Crippen LogP contribution >= 0.6 is 0 Å². The Kier molecular flexibility index (Phi) is 6.26. The van der Waals surface area contributed by atoms with E-state index in [1.54, 1.807) is 13.2 Å². The highest BCUT2D eigenvalue weighted by Gasteiger charge is 2.16. The molecule has 0 aliphatic carbocycles. The van der Waals surface area contributed by atoms with Crippen molar-refractivity contribution in [3.63, 3.8) is 0 Å². The molecule has 1 atom stereocenters. The molecule has 3 heterocycles. The molecule has 0 radical (unpaired) electrons. The van der Waals surface area contributed by atoms with Gasteiger partial charge in [0.1, 0.15) is 18.5 Å². The van der Waals surface area contributed by atoms with Gasteiger partial charge < -0.3 is 18.9 Å². The largest absolute Gasteiger partial charge is 0.491 e. The van der Waals surface area contributed by atoms with Crippen molar-refractivity contribution >= 4 is 0 Å². The minimum absolute atomic E-state index is 0.0690. The summed E-state index contributed by atoms with van der Waals surface area (Å²) in [6.07, 6.45) is 1.82. The smallest absolute Gasteiger partial charge is 0.217 e. The average Bonchev–Trinajstić information content (AvgIpc) is 2.79. The number of nitrogens with zero attached hydrogens (tertiary/aromatic N) is 2. The molecule has 156 valence electrons. The zero-order valence-electron chi connectivity index (χ0n) is 17.6. The molecule has 4 rings (SSSR count). The Balaban J connectivity index is 1.63. The van der Waals surface area contributed by atoms with Crippen LogP contribution in [0.15, 0.2) is 48.7 Å². The van der Waals surface area contributed by atoms with Crippen LogP contribution in [0, 0.1) is 13.8 Å². The average molecular weight is 406 g/mol. The number of rotatable bonds is 6. The third kappa shape index (κ3) is 4.78. The molecule has 0 amide bonds. The second-order valence-electron chi connectivity index (χ2n) is 7.33. The van der Waals surface area contributed by atoms with E-state index in [-0.39, 0.29) is 6.10 Å². The van der Waals surface area contributed by atoms with Crippen LogP contribution in [0.3, 0.4) is 0 Å². The van der Waals surface area contributed by atoms with Gasteiger partial charge in [-0.15, -0.1) is 0 Å². The van der Waals surface area contributed by atoms with Crippen LogP contribution in [0.25, 0.3) is 22.4 Å². The number of hydrogen-bond donors (Lipinski definition) is 0. The Morgan fingerprint density at radius 3 is 2.63 bits per heavy atom. The highest BCUT2D eigenvalue weighted by atomic mass is 16.6. The first-order valence-electron chi connectivity index (χ1n) is 10.0. The van der Waals surface area contributed by atoms with E-state index in [2.05, 4.69) is 41.2 Å². The van der Waals surface area contributed by atoms with Crippen molar-refractivity contribution in [2.24, 2.45) is 0 Å². The standard InChI is InChI=1S/C24H26N2O4/c1-16-4-6-18(19-7-5-17(2)25-13-19)10-22(16)23-11-20(12-24(26-23)27-3)30-15-21-14-28-8-9-29-21/h4-7,10-13,21H,8-9,14-15H2,1-3H3/t21-/m1/s1. The first kappa shape index (κ1) is 20.3. The second kappa shape index (κ2) is 9.24. The molecule has 3 aromatic rings. The highest BCUT2D eigenvalue weighted by molar-refractivity contribution is 5.74. The van der Waals surface area contributed by atoms with E-state index < -0.39 is 0 Å². The van der Waals surface area contributed by atoms with Crippen LogP contribution in [0.5, 0.6) is 11.6 Å². The van der Waals surface area contributed by atoms with Crippen LogP contribution in [0.1, 0.15) is 11.3 Å². The van der Waals surface area contributed by atoms with Gasteiger partial charge in [0.05, 0.1) is 32.6 Å². The molecule has 0 N–H and O–H groups in total. The van der Waals surface area contributed by atoms with Crippen molar-refractivity contribution in [1.82, 2.24) is 9.97 Å². The number of aryl methyl sites for hydroxylation is 2. The van der Waals surface area contributed by atoms with Gasteiger partial charge in [-0.25, -0.2) is 4.98 Å². The lowest BCUT2D eigenvalue weighted by Crippen LogP contribution is -2.33. The molecule has 1 aromatic carbocycles. The maximum absolute atomic E-state index is 5.98. The number of aromatic nitrogens is 2. The number of benzene rings is 1. The lowest BCUT2D eigenvalue weighted by molar-refractivity contribution is -0.101. The van der Waals surface area contributed by atoms with Crippen molar-refractivity contribution < 1.29 is 18.9 Å². The van der Waals surface area contributed by atoms with Gasteiger partial charge in [-0.2, -0.15) is 0 Å². The topological polar surface area (TPSA) is 62.7 Å². The lowest BCUT2D eigenvalue weighted by atomic mass is 9.98. The number of ether oxygens (including phenoxy) is 4. The quantitative estimate of drug-likeness (QED) is 0.610. The van der Waals surface area contributed by atoms with Crippen molar-refractivity contribution in [3.8, 4) is 34.0 Å². The molecule has 0 bridgehead atoms. The summed E-state index contributed by atoms with van der Waals surface area (Å²) in [7, 11) is 1.61. The normalized spacial score (nSPS) is 16.3. The summed E-state index contributed by atoms with van der Waals surface area (Å²) in [5.41, 5.74) is 6.08. The molecule has 6 heteroatoms. The first-order chi connectivity index (χ1) is 14.6. The van der Waals surface area contributed by atoms with E-state index in [0.29, 0.717) is 38.1 Å². The van der Waals surface area contributed by atoms with E-state index in [1.807, 2.05) is 25.3 Å². The predicted molar refractivity (Wildman–Crippen MR) is 115 cm³/mol. The van der Waals surface area contributed by atoms with Crippen LogP contribution in [0.2, 0.25) is 0 Å². The molecule has 0 spiro atoms. The van der Waals surface area contributed by atoms with Gasteiger partial charge in [0, 0.05) is 35.2 Å². The molecule has 1 aliphatic heterocycles. The lowest BCUT2D eigenvalue weighted by Gasteiger charge is -2.23. The Bertz CT molecular complexity index is 999. The molecule has 2 aromatic heterocycles. The Labute approximate surface area is 176 Å². The third-order valence-corrected chi connectivity index (χ3v) is 5.06. The van der Waals surface area contributed by atoms with E-state index in [1.165, 1.54) is 0 Å². The fraction of sp³-hybridized carbons (Fsp3) is 0.333. The fourth-order valence-electron chi connectivity index (χ4n) is 3.35. The van der Waals surface area contributed by atoms with E-state index in [4.69, 9.17) is 18.9 Å². The SMILES string of the molecule is COc1cc(OC[C@H]2COCCO2)cc(-c2cc(-c3ccc(C)nc3)ccc2C)n1. The van der Waals surface area contributed by atoms with E-state index in [9.17, 15) is 0 Å². The van der Waals surface area contributed by atoms with Gasteiger partial charge in [0.25, 0.3) is 0 Å². The van der Waals surface area contributed by atoms with Crippen molar-refractivity contribution in [2.75, 3.05) is 33.5 Å². The summed E-state index contributed by atoms with van der Waals surface area (Å²) in [6, 6.07) is 14.1. The van der Waals surface area contributed by atoms with Crippen LogP contribution in [-0.4, -0.2) is 49.6 Å². The summed E-state index contributed by atoms with van der Waals surface area (Å²) in [4.78, 5) is 9.07. The molecule has 30 heavy (non-hydrogen) atoms. The minimum Gasteiger partial charge on any atom is -0.491 e. The van der Waals surface area contributed by atoms with Gasteiger partial charge in [0.2, 0.25) is 5.88 Å². The van der Waals surface area contributed by atoms with Gasteiger partial charge >= 0.3 is 0 Å². The van der Waals surface area contributed by atoms with Crippen LogP contribution < -0.4 is 9.47 Å². The Morgan fingerprint density at radius 1 is 1.03 bits per heavy atom. The van der Waals surface area contributed by atoms with Gasteiger partial charge in [-0.05, 0) is 37.1 Å². The fourth-order valence-corrected chi connectivity index (χ4v) is 3.35. The van der Waals surface area contributed by atoms with Gasteiger partial charge in [-0.3, -0.25) is 4.98 Å². The van der Waals surface area contributed by atoms with Crippen LogP contribution in [0.4, 0.5) is 0 Å². The van der Waals surface area contributed by atoms with E-state index in [0.717, 1.165) is 33.6 Å². The first-order valence-corrected chi connectivity index (χ1v) is 10.0.